The molecule has 1 N–H and O–H groups in total. The van der Waals surface area contributed by atoms with Gasteiger partial charge in [0.1, 0.15) is 11.5 Å². The fourth-order valence-corrected chi connectivity index (χ4v) is 3.68. The Kier molecular flexibility index (Phi) is 6.35. The van der Waals surface area contributed by atoms with Gasteiger partial charge in [0.2, 0.25) is 0 Å². The highest BCUT2D eigenvalue weighted by molar-refractivity contribution is 5.72. The number of halogens is 1. The summed E-state index contributed by atoms with van der Waals surface area (Å²) in [4.78, 5) is 13.7. The van der Waals surface area contributed by atoms with Crippen molar-refractivity contribution in [1.29, 1.82) is 0 Å². The molecule has 1 atom stereocenters. The number of rotatable bonds is 7. The maximum atomic E-state index is 13.3. The van der Waals surface area contributed by atoms with Crippen molar-refractivity contribution >= 4 is 5.82 Å². The van der Waals surface area contributed by atoms with E-state index >= 15 is 0 Å². The molecule has 4 rings (SSSR count). The monoisotopic (exact) mass is 410 g/mol. The van der Waals surface area contributed by atoms with E-state index in [2.05, 4.69) is 24.9 Å². The molecule has 7 nitrogen and oxygen atoms in total. The van der Waals surface area contributed by atoms with Crippen molar-refractivity contribution in [2.45, 2.75) is 32.5 Å². The molecule has 1 unspecified atom stereocenters. The van der Waals surface area contributed by atoms with E-state index in [-0.39, 0.29) is 11.9 Å². The number of anilines is 1. The Morgan fingerprint density at radius 1 is 1.07 bits per heavy atom. The molecule has 1 fully saturated rings. The summed E-state index contributed by atoms with van der Waals surface area (Å²) in [5.74, 6) is 0.579. The first-order valence-corrected chi connectivity index (χ1v) is 10.4. The van der Waals surface area contributed by atoms with Crippen LogP contribution < -0.4 is 4.90 Å². The Morgan fingerprint density at radius 2 is 1.80 bits per heavy atom. The largest absolute Gasteiger partial charge is 0.391 e. The zero-order chi connectivity index (χ0) is 20.9. The SMILES string of the molecule is CCC(O)Cn1cc(CN2CCN(c3nccnc3-c3ccc(F)cc3)CC2)cn1. The van der Waals surface area contributed by atoms with Crippen molar-refractivity contribution in [3.05, 3.63) is 60.4 Å². The van der Waals surface area contributed by atoms with E-state index in [4.69, 9.17) is 0 Å². The molecule has 1 aliphatic rings. The lowest BCUT2D eigenvalue weighted by Crippen LogP contribution is -2.46. The second-order valence-electron chi connectivity index (χ2n) is 7.63. The highest BCUT2D eigenvalue weighted by atomic mass is 19.1. The van der Waals surface area contributed by atoms with Crippen LogP contribution >= 0.6 is 0 Å². The van der Waals surface area contributed by atoms with Crippen LogP contribution in [0, 0.1) is 5.82 Å². The van der Waals surface area contributed by atoms with Crippen LogP contribution in [-0.4, -0.2) is 62.0 Å². The lowest BCUT2D eigenvalue weighted by molar-refractivity contribution is 0.145. The van der Waals surface area contributed by atoms with E-state index in [9.17, 15) is 9.50 Å². The van der Waals surface area contributed by atoms with Gasteiger partial charge in [0, 0.05) is 62.4 Å². The molecular weight excluding hydrogens is 383 g/mol. The Morgan fingerprint density at radius 3 is 2.53 bits per heavy atom. The van der Waals surface area contributed by atoms with E-state index in [0.29, 0.717) is 6.54 Å². The van der Waals surface area contributed by atoms with Crippen molar-refractivity contribution in [2.75, 3.05) is 31.1 Å². The van der Waals surface area contributed by atoms with E-state index in [1.165, 1.54) is 12.1 Å². The number of piperazine rings is 1. The summed E-state index contributed by atoms with van der Waals surface area (Å²) in [6.07, 6.45) is 7.63. The molecule has 1 aliphatic heterocycles. The predicted molar refractivity (Wildman–Crippen MR) is 113 cm³/mol. The number of benzene rings is 1. The molecule has 1 aromatic carbocycles. The minimum Gasteiger partial charge on any atom is -0.391 e. The van der Waals surface area contributed by atoms with Crippen LogP contribution in [0.2, 0.25) is 0 Å². The van der Waals surface area contributed by atoms with Gasteiger partial charge in [-0.2, -0.15) is 5.10 Å². The average Bonchev–Trinajstić information content (AvgIpc) is 3.21. The van der Waals surface area contributed by atoms with Crippen molar-refractivity contribution in [3.8, 4) is 11.3 Å². The Balaban J connectivity index is 1.38. The molecule has 0 saturated carbocycles. The molecule has 0 radical (unpaired) electrons. The van der Waals surface area contributed by atoms with Gasteiger partial charge in [-0.25, -0.2) is 9.37 Å². The van der Waals surface area contributed by atoms with Gasteiger partial charge in [-0.3, -0.25) is 14.6 Å². The molecule has 158 valence electrons. The summed E-state index contributed by atoms with van der Waals surface area (Å²) in [5, 5.41) is 14.1. The van der Waals surface area contributed by atoms with Crippen molar-refractivity contribution in [1.82, 2.24) is 24.6 Å². The summed E-state index contributed by atoms with van der Waals surface area (Å²) in [7, 11) is 0. The first kappa shape index (κ1) is 20.4. The molecule has 0 spiro atoms. The minimum atomic E-state index is -0.358. The van der Waals surface area contributed by atoms with Gasteiger partial charge in [0.05, 0.1) is 18.8 Å². The molecule has 3 heterocycles. The van der Waals surface area contributed by atoms with Crippen molar-refractivity contribution in [2.24, 2.45) is 0 Å². The summed E-state index contributed by atoms with van der Waals surface area (Å²) in [5.41, 5.74) is 2.79. The van der Waals surface area contributed by atoms with Crippen LogP contribution in [0.25, 0.3) is 11.3 Å². The Hall–Kier alpha value is -2.84. The third-order valence-electron chi connectivity index (χ3n) is 5.43. The maximum absolute atomic E-state index is 13.3. The highest BCUT2D eigenvalue weighted by Gasteiger charge is 2.22. The molecule has 30 heavy (non-hydrogen) atoms. The molecule has 3 aromatic rings. The number of aliphatic hydroxyl groups excluding tert-OH is 1. The van der Waals surface area contributed by atoms with Gasteiger partial charge >= 0.3 is 0 Å². The van der Waals surface area contributed by atoms with E-state index < -0.39 is 0 Å². The molecule has 2 aromatic heterocycles. The lowest BCUT2D eigenvalue weighted by Gasteiger charge is -2.35. The van der Waals surface area contributed by atoms with Crippen LogP contribution in [0.4, 0.5) is 10.2 Å². The molecule has 8 heteroatoms. The zero-order valence-electron chi connectivity index (χ0n) is 17.2. The summed E-state index contributed by atoms with van der Waals surface area (Å²) >= 11 is 0. The van der Waals surface area contributed by atoms with Crippen LogP contribution in [0.15, 0.2) is 49.1 Å². The lowest BCUT2D eigenvalue weighted by atomic mass is 10.1. The third kappa shape index (κ3) is 4.83. The molecular formula is C22H27FN6O. The first-order chi connectivity index (χ1) is 14.6. The molecule has 1 saturated heterocycles. The predicted octanol–water partition coefficient (Wildman–Crippen LogP) is 2.57. The number of hydrogen-bond acceptors (Lipinski definition) is 6. The van der Waals surface area contributed by atoms with Crippen LogP contribution in [0.3, 0.4) is 0 Å². The number of aliphatic hydroxyl groups is 1. The van der Waals surface area contributed by atoms with E-state index in [0.717, 1.165) is 61.8 Å². The quantitative estimate of drug-likeness (QED) is 0.646. The van der Waals surface area contributed by atoms with Crippen molar-refractivity contribution < 1.29 is 9.50 Å². The second kappa shape index (κ2) is 9.32. The molecule has 0 bridgehead atoms. The fourth-order valence-electron chi connectivity index (χ4n) is 3.68. The van der Waals surface area contributed by atoms with Gasteiger partial charge in [0.15, 0.2) is 5.82 Å². The minimum absolute atomic E-state index is 0.259. The standard InChI is InChI=1S/C22H27FN6O/c1-2-20(30)16-29-15-17(13-26-29)14-27-9-11-28(12-10-27)22-21(24-7-8-25-22)18-3-5-19(23)6-4-18/h3-8,13,15,20,30H,2,9-12,14,16H2,1H3. The highest BCUT2D eigenvalue weighted by Crippen LogP contribution is 2.27. The fraction of sp³-hybridized carbons (Fsp3) is 0.409. The normalized spacial score (nSPS) is 16.0. The summed E-state index contributed by atoms with van der Waals surface area (Å²) < 4.78 is 15.1. The number of aromatic nitrogens is 4. The number of nitrogens with zero attached hydrogens (tertiary/aromatic N) is 6. The van der Waals surface area contributed by atoms with Crippen molar-refractivity contribution in [3.63, 3.8) is 0 Å². The topological polar surface area (TPSA) is 70.3 Å². The van der Waals surface area contributed by atoms with Gasteiger partial charge in [-0.15, -0.1) is 0 Å². The van der Waals surface area contributed by atoms with E-state index in [1.807, 2.05) is 24.0 Å². The van der Waals surface area contributed by atoms with Crippen LogP contribution in [-0.2, 0) is 13.1 Å². The first-order valence-electron chi connectivity index (χ1n) is 10.4. The molecule has 0 aliphatic carbocycles. The van der Waals surface area contributed by atoms with Crippen LogP contribution in [0.5, 0.6) is 0 Å². The van der Waals surface area contributed by atoms with Gasteiger partial charge in [-0.1, -0.05) is 6.92 Å². The maximum Gasteiger partial charge on any atom is 0.155 e. The van der Waals surface area contributed by atoms with Crippen LogP contribution in [0.1, 0.15) is 18.9 Å². The Labute approximate surface area is 175 Å². The smallest absolute Gasteiger partial charge is 0.155 e. The van der Waals surface area contributed by atoms with Gasteiger partial charge < -0.3 is 10.0 Å². The Bertz CT molecular complexity index is 952. The third-order valence-corrected chi connectivity index (χ3v) is 5.43. The van der Waals surface area contributed by atoms with E-state index in [1.54, 1.807) is 24.5 Å². The zero-order valence-corrected chi connectivity index (χ0v) is 17.2. The molecule has 0 amide bonds. The second-order valence-corrected chi connectivity index (χ2v) is 7.63. The summed E-state index contributed by atoms with van der Waals surface area (Å²) in [6, 6.07) is 6.38. The van der Waals surface area contributed by atoms with Gasteiger partial charge in [0.25, 0.3) is 0 Å². The van der Waals surface area contributed by atoms with Gasteiger partial charge in [-0.05, 0) is 30.7 Å². The summed E-state index contributed by atoms with van der Waals surface area (Å²) in [6.45, 7) is 6.83. The average molecular weight is 410 g/mol. The number of hydrogen-bond donors (Lipinski definition) is 1.